The van der Waals surface area contributed by atoms with E-state index in [4.69, 9.17) is 26.2 Å². The van der Waals surface area contributed by atoms with Gasteiger partial charge in [0.25, 0.3) is 0 Å². The van der Waals surface area contributed by atoms with Gasteiger partial charge in [-0.25, -0.2) is 4.98 Å². The lowest BCUT2D eigenvalue weighted by Crippen LogP contribution is -2.07. The Morgan fingerprint density at radius 3 is 1.64 bits per heavy atom. The second-order valence-corrected chi connectivity index (χ2v) is 15.0. The van der Waals surface area contributed by atoms with Gasteiger partial charge in [-0.1, -0.05) is 157 Å². The molecule has 0 aliphatic heterocycles. The lowest BCUT2D eigenvalue weighted by molar-refractivity contribution is 0.670. The van der Waals surface area contributed by atoms with Crippen molar-refractivity contribution in [1.82, 2.24) is 24.1 Å². The zero-order valence-corrected chi connectivity index (χ0v) is 32.0. The van der Waals surface area contributed by atoms with Crippen LogP contribution in [-0.2, 0) is 0 Å². The molecule has 0 atom stereocenters. The van der Waals surface area contributed by atoms with E-state index in [1.165, 1.54) is 0 Å². The zero-order chi connectivity index (χ0) is 43.5. The van der Waals surface area contributed by atoms with Gasteiger partial charge >= 0.3 is 0 Å². The Kier molecular flexibility index (Phi) is 6.22. The molecule has 0 saturated heterocycles. The standard InChI is InChI=1S/C53H35N5O/c1-32-20-24-35(25-21-32)51-54-52(36-26-22-33(2)23-27-36)56-53(55-51)58-46-18-10-7-15-39(46)42-29-28-41-38-14-6-9-17-45(38)57(48(41)49(42)58)37-30-43(34-12-4-3-5-13-34)50-44(31-37)40-16-8-11-19-47(40)59-50/h3-31H,1-2H3/i3D,4D,5D,12D,13D. The van der Waals surface area contributed by atoms with Gasteiger partial charge in [-0.3, -0.25) is 4.57 Å². The molecule has 278 valence electrons. The van der Waals surface area contributed by atoms with E-state index < -0.39 is 18.1 Å². The molecule has 12 rings (SSSR count). The zero-order valence-electron chi connectivity index (χ0n) is 37.0. The molecule has 0 unspecified atom stereocenters. The average Bonchev–Trinajstić information content (AvgIpc) is 3.98. The Bertz CT molecular complexity index is 3830. The summed E-state index contributed by atoms with van der Waals surface area (Å²) in [5, 5.41) is 5.58. The minimum Gasteiger partial charge on any atom is -0.455 e. The Morgan fingerprint density at radius 2 is 1.02 bits per heavy atom. The highest BCUT2D eigenvalue weighted by Crippen LogP contribution is 2.44. The van der Waals surface area contributed by atoms with E-state index in [1.807, 2.05) is 78.9 Å². The number of nitrogens with zero attached hydrogens (tertiary/aromatic N) is 5. The van der Waals surface area contributed by atoms with Crippen LogP contribution in [-0.4, -0.2) is 24.1 Å². The van der Waals surface area contributed by atoms with Crippen molar-refractivity contribution >= 4 is 65.6 Å². The molecular formula is C53H35N5O. The molecule has 12 aromatic rings. The molecule has 0 bridgehead atoms. The molecule has 0 radical (unpaired) electrons. The normalized spacial score (nSPS) is 13.1. The fourth-order valence-electron chi connectivity index (χ4n) is 8.62. The van der Waals surface area contributed by atoms with Crippen LogP contribution >= 0.6 is 0 Å². The van der Waals surface area contributed by atoms with Gasteiger partial charge in [-0.2, -0.15) is 9.97 Å². The summed E-state index contributed by atoms with van der Waals surface area (Å²) in [5.74, 6) is 1.53. The molecule has 6 nitrogen and oxygen atoms in total. The Morgan fingerprint density at radius 1 is 0.475 bits per heavy atom. The van der Waals surface area contributed by atoms with Crippen LogP contribution < -0.4 is 0 Å². The number of furan rings is 1. The maximum Gasteiger partial charge on any atom is 0.238 e. The summed E-state index contributed by atoms with van der Waals surface area (Å²) in [7, 11) is 0. The highest BCUT2D eigenvalue weighted by Gasteiger charge is 2.25. The third kappa shape index (κ3) is 5.16. The Hall–Kier alpha value is -7.83. The monoisotopic (exact) mass is 762 g/mol. The van der Waals surface area contributed by atoms with Crippen molar-refractivity contribution in [3.8, 4) is 45.5 Å². The van der Waals surface area contributed by atoms with Crippen molar-refractivity contribution in [1.29, 1.82) is 0 Å². The molecular weight excluding hydrogens is 723 g/mol. The van der Waals surface area contributed by atoms with E-state index in [1.54, 1.807) is 0 Å². The van der Waals surface area contributed by atoms with Gasteiger partial charge in [-0.15, -0.1) is 0 Å². The first-order valence-corrected chi connectivity index (χ1v) is 19.5. The number of para-hydroxylation sites is 3. The van der Waals surface area contributed by atoms with Crippen LogP contribution in [0.15, 0.2) is 180 Å². The smallest absolute Gasteiger partial charge is 0.238 e. The predicted molar refractivity (Wildman–Crippen MR) is 242 cm³/mol. The fourth-order valence-corrected chi connectivity index (χ4v) is 8.62. The molecule has 0 saturated carbocycles. The molecule has 0 amide bonds. The Labute approximate surface area is 346 Å². The summed E-state index contributed by atoms with van der Waals surface area (Å²) in [4.78, 5) is 15.6. The predicted octanol–water partition coefficient (Wildman–Crippen LogP) is 13.6. The summed E-state index contributed by atoms with van der Waals surface area (Å²) in [5.41, 5.74) is 9.78. The molecule has 59 heavy (non-hydrogen) atoms. The van der Waals surface area contributed by atoms with E-state index in [0.29, 0.717) is 40.0 Å². The number of fused-ring (bicyclic) bond motifs is 10. The second kappa shape index (κ2) is 12.8. The maximum atomic E-state index is 9.12. The van der Waals surface area contributed by atoms with Crippen molar-refractivity contribution in [2.24, 2.45) is 0 Å². The summed E-state index contributed by atoms with van der Waals surface area (Å²) in [6.45, 7) is 4.12. The highest BCUT2D eigenvalue weighted by atomic mass is 16.3. The molecule has 4 heterocycles. The van der Waals surface area contributed by atoms with Crippen molar-refractivity contribution < 1.29 is 11.3 Å². The molecule has 4 aromatic heterocycles. The van der Waals surface area contributed by atoms with Gasteiger partial charge in [0, 0.05) is 54.7 Å². The highest BCUT2D eigenvalue weighted by molar-refractivity contribution is 6.24. The topological polar surface area (TPSA) is 61.7 Å². The Balaban J connectivity index is 1.25. The van der Waals surface area contributed by atoms with Crippen LogP contribution in [0.2, 0.25) is 0 Å². The lowest BCUT2D eigenvalue weighted by Gasteiger charge is -2.14. The largest absolute Gasteiger partial charge is 0.455 e. The van der Waals surface area contributed by atoms with Gasteiger partial charge in [0.1, 0.15) is 11.2 Å². The number of aromatic nitrogens is 5. The van der Waals surface area contributed by atoms with Gasteiger partial charge in [-0.05, 0) is 49.7 Å². The lowest BCUT2D eigenvalue weighted by atomic mass is 10.0. The van der Waals surface area contributed by atoms with Crippen LogP contribution in [0, 0.1) is 13.8 Å². The summed E-state index contributed by atoms with van der Waals surface area (Å²) < 4.78 is 54.8. The minimum atomic E-state index is -0.456. The van der Waals surface area contributed by atoms with Crippen LogP contribution in [0.25, 0.3) is 111 Å². The van der Waals surface area contributed by atoms with Crippen LogP contribution in [0.4, 0.5) is 0 Å². The molecule has 0 aliphatic carbocycles. The number of hydrogen-bond acceptors (Lipinski definition) is 4. The van der Waals surface area contributed by atoms with Crippen LogP contribution in [0.3, 0.4) is 0 Å². The van der Waals surface area contributed by atoms with Gasteiger partial charge < -0.3 is 8.98 Å². The fraction of sp³-hybridized carbons (Fsp3) is 0.0377. The van der Waals surface area contributed by atoms with Crippen LogP contribution in [0.5, 0.6) is 0 Å². The van der Waals surface area contributed by atoms with Crippen molar-refractivity contribution in [3.63, 3.8) is 0 Å². The summed E-state index contributed by atoms with van der Waals surface area (Å²) in [6.07, 6.45) is 0. The number of rotatable bonds is 5. The first-order valence-electron chi connectivity index (χ1n) is 22.0. The molecule has 6 heteroatoms. The van der Waals surface area contributed by atoms with Crippen LogP contribution in [0.1, 0.15) is 18.0 Å². The van der Waals surface area contributed by atoms with E-state index in [-0.39, 0.29) is 17.6 Å². The van der Waals surface area contributed by atoms with Gasteiger partial charge in [0.2, 0.25) is 5.95 Å². The average molecular weight is 763 g/mol. The molecule has 8 aromatic carbocycles. The summed E-state index contributed by atoms with van der Waals surface area (Å²) >= 11 is 0. The molecule has 0 aliphatic rings. The van der Waals surface area contributed by atoms with Crippen molar-refractivity contribution in [3.05, 3.63) is 187 Å². The third-order valence-corrected chi connectivity index (χ3v) is 11.4. The molecule has 0 spiro atoms. The van der Waals surface area contributed by atoms with E-state index in [0.717, 1.165) is 76.6 Å². The number of aryl methyl sites for hydroxylation is 2. The SMILES string of the molecule is [2H]c1c([2H])c([2H])c(-c2cc(-n3c4ccccc4c4ccc5c6ccccc6n(-c6nc(-c7ccc(C)cc7)nc(-c7ccc(C)cc7)n6)c5c43)cc3c2oc2ccccc23)c([2H])c1[2H]. The molecule has 0 N–H and O–H groups in total. The number of benzene rings is 8. The number of hydrogen-bond donors (Lipinski definition) is 0. The molecule has 0 fully saturated rings. The maximum absolute atomic E-state index is 9.12. The minimum absolute atomic E-state index is 0.0642. The second-order valence-electron chi connectivity index (χ2n) is 15.0. The van der Waals surface area contributed by atoms with E-state index in [9.17, 15) is 0 Å². The third-order valence-electron chi connectivity index (χ3n) is 11.4. The van der Waals surface area contributed by atoms with Gasteiger partial charge in [0.05, 0.1) is 28.9 Å². The first kappa shape index (κ1) is 28.5. The quantitative estimate of drug-likeness (QED) is 0.175. The first-order chi connectivity index (χ1) is 31.1. The van der Waals surface area contributed by atoms with E-state index in [2.05, 4.69) is 89.7 Å². The van der Waals surface area contributed by atoms with E-state index >= 15 is 0 Å². The van der Waals surface area contributed by atoms with Crippen molar-refractivity contribution in [2.45, 2.75) is 13.8 Å². The van der Waals surface area contributed by atoms with Gasteiger partial charge in [0.15, 0.2) is 11.6 Å². The van der Waals surface area contributed by atoms with Crippen molar-refractivity contribution in [2.75, 3.05) is 0 Å². The summed E-state index contributed by atoms with van der Waals surface area (Å²) in [6, 6.07) is 47.0.